The van der Waals surface area contributed by atoms with Gasteiger partial charge in [0.05, 0.1) is 13.2 Å². The second-order valence-electron chi connectivity index (χ2n) is 12.3. The molecule has 0 aliphatic carbocycles. The van der Waals surface area contributed by atoms with E-state index in [0.717, 1.165) is 30.6 Å². The highest BCUT2D eigenvalue weighted by molar-refractivity contribution is 5.96. The number of carbonyl (C=O) groups excluding carboxylic acids is 3. The summed E-state index contributed by atoms with van der Waals surface area (Å²) in [5.74, 6) is 0.0128. The molecule has 0 atom stereocenters. The van der Waals surface area contributed by atoms with Crippen molar-refractivity contribution in [2.75, 3.05) is 30.4 Å². The quantitative estimate of drug-likeness (QED) is 0.0666. The molecule has 2 N–H and O–H groups in total. The number of hydrogen-bond acceptors (Lipinski definition) is 4. The van der Waals surface area contributed by atoms with Gasteiger partial charge in [0.25, 0.3) is 0 Å². The Kier molecular flexibility index (Phi) is 26.4. The summed E-state index contributed by atoms with van der Waals surface area (Å²) in [5, 5.41) is 5.66. The van der Waals surface area contributed by atoms with Gasteiger partial charge in [0.1, 0.15) is 0 Å². The van der Waals surface area contributed by atoms with Gasteiger partial charge >= 0.3 is 6.03 Å². The van der Waals surface area contributed by atoms with Crippen molar-refractivity contribution in [1.29, 1.82) is 0 Å². The van der Waals surface area contributed by atoms with Gasteiger partial charge in [-0.3, -0.25) is 14.5 Å². The second kappa shape index (κ2) is 29.3. The van der Waals surface area contributed by atoms with E-state index in [4.69, 9.17) is 4.74 Å². The van der Waals surface area contributed by atoms with E-state index < -0.39 is 6.03 Å². The fraction of sp³-hybridized carbons (Fsp3) is 0.757. The number of rotatable bonds is 30. The van der Waals surface area contributed by atoms with Crippen LogP contribution in [0.1, 0.15) is 162 Å². The summed E-state index contributed by atoms with van der Waals surface area (Å²) in [6, 6.07) is 6.48. The van der Waals surface area contributed by atoms with Crippen LogP contribution in [-0.4, -0.2) is 43.0 Å². The lowest BCUT2D eigenvalue weighted by molar-refractivity contribution is -0.117. The van der Waals surface area contributed by atoms with E-state index in [0.29, 0.717) is 37.4 Å². The van der Waals surface area contributed by atoms with Crippen LogP contribution in [0.4, 0.5) is 16.2 Å². The molecule has 0 saturated heterocycles. The van der Waals surface area contributed by atoms with Crippen molar-refractivity contribution in [2.24, 2.45) is 0 Å². The molecule has 4 amide bonds. The molecule has 0 radical (unpaired) electrons. The fourth-order valence-corrected chi connectivity index (χ4v) is 5.34. The second-order valence-corrected chi connectivity index (χ2v) is 12.3. The molecule has 0 fully saturated rings. The molecular weight excluding hydrogens is 550 g/mol. The van der Waals surface area contributed by atoms with Gasteiger partial charge in [0.15, 0.2) is 0 Å². The average molecular weight is 616 g/mol. The number of nitrogens with zero attached hydrogens (tertiary/aromatic N) is 1. The third kappa shape index (κ3) is 23.0. The van der Waals surface area contributed by atoms with E-state index in [9.17, 15) is 14.4 Å². The van der Waals surface area contributed by atoms with Crippen LogP contribution in [0.15, 0.2) is 24.3 Å². The first-order valence-electron chi connectivity index (χ1n) is 18.1. The summed E-state index contributed by atoms with van der Waals surface area (Å²) in [6.45, 7) is 5.69. The number of unbranched alkanes of at least 4 members (excludes halogenated alkanes) is 20. The highest BCUT2D eigenvalue weighted by atomic mass is 16.5. The number of urea groups is 1. The summed E-state index contributed by atoms with van der Waals surface area (Å²) in [4.78, 5) is 37.4. The van der Waals surface area contributed by atoms with Gasteiger partial charge in [-0.25, -0.2) is 4.79 Å². The first-order valence-corrected chi connectivity index (χ1v) is 18.1. The normalized spacial score (nSPS) is 11.0. The van der Waals surface area contributed by atoms with Crippen molar-refractivity contribution in [3.05, 3.63) is 24.3 Å². The van der Waals surface area contributed by atoms with Crippen LogP contribution in [0.3, 0.4) is 0 Å². The van der Waals surface area contributed by atoms with E-state index in [2.05, 4.69) is 24.5 Å². The number of benzene rings is 1. The predicted octanol–water partition coefficient (Wildman–Crippen LogP) is 10.6. The Morgan fingerprint density at radius 2 is 1.00 bits per heavy atom. The van der Waals surface area contributed by atoms with Crippen molar-refractivity contribution in [2.45, 2.75) is 162 Å². The lowest BCUT2D eigenvalue weighted by atomic mass is 10.0. The minimum atomic E-state index is -0.494. The molecule has 0 bridgehead atoms. The van der Waals surface area contributed by atoms with Crippen LogP contribution < -0.4 is 10.6 Å². The third-order valence-corrected chi connectivity index (χ3v) is 8.18. The van der Waals surface area contributed by atoms with Gasteiger partial charge in [0, 0.05) is 24.4 Å². The topological polar surface area (TPSA) is 87.7 Å². The Morgan fingerprint density at radius 1 is 0.591 bits per heavy atom. The van der Waals surface area contributed by atoms with Gasteiger partial charge in [-0.05, 0) is 37.1 Å². The van der Waals surface area contributed by atoms with Crippen LogP contribution in [0.2, 0.25) is 0 Å². The van der Waals surface area contributed by atoms with E-state index in [1.165, 1.54) is 116 Å². The van der Waals surface area contributed by atoms with Crippen LogP contribution in [0.5, 0.6) is 0 Å². The molecule has 0 aromatic heterocycles. The molecular formula is C37H65N3O4. The van der Waals surface area contributed by atoms with E-state index in [-0.39, 0.29) is 12.5 Å². The van der Waals surface area contributed by atoms with Crippen LogP contribution in [0, 0.1) is 0 Å². The van der Waals surface area contributed by atoms with Gasteiger partial charge in [-0.15, -0.1) is 0 Å². The molecule has 252 valence electrons. The molecule has 1 rings (SSSR count). The van der Waals surface area contributed by atoms with Crippen LogP contribution in [-0.2, 0) is 14.3 Å². The Morgan fingerprint density at radius 3 is 1.45 bits per heavy atom. The van der Waals surface area contributed by atoms with Crippen molar-refractivity contribution in [3.63, 3.8) is 0 Å². The Bertz CT molecular complexity index is 831. The number of imide groups is 1. The molecule has 0 heterocycles. The van der Waals surface area contributed by atoms with Gasteiger partial charge in [-0.1, -0.05) is 142 Å². The number of ether oxygens (including phenoxy) is 1. The Balaban J connectivity index is 2.09. The van der Waals surface area contributed by atoms with Crippen molar-refractivity contribution in [3.8, 4) is 0 Å². The van der Waals surface area contributed by atoms with Gasteiger partial charge in [-0.2, -0.15) is 0 Å². The zero-order valence-electron chi connectivity index (χ0n) is 28.4. The lowest BCUT2D eigenvalue weighted by Gasteiger charge is -2.16. The van der Waals surface area contributed by atoms with E-state index in [1.807, 2.05) is 0 Å². The summed E-state index contributed by atoms with van der Waals surface area (Å²) < 4.78 is 5.65. The maximum atomic E-state index is 12.5. The lowest BCUT2D eigenvalue weighted by Crippen LogP contribution is -2.36. The number of carbonyl (C=O) groups is 3. The molecule has 7 nitrogen and oxygen atoms in total. The van der Waals surface area contributed by atoms with Gasteiger partial charge < -0.3 is 15.4 Å². The number of anilines is 2. The molecule has 1 aromatic carbocycles. The van der Waals surface area contributed by atoms with Crippen molar-refractivity contribution >= 4 is 29.7 Å². The summed E-state index contributed by atoms with van der Waals surface area (Å²) >= 11 is 0. The molecule has 0 spiro atoms. The third-order valence-electron chi connectivity index (χ3n) is 8.18. The highest BCUT2D eigenvalue weighted by Gasteiger charge is 2.13. The summed E-state index contributed by atoms with van der Waals surface area (Å²) in [5.41, 5.74) is 1.26. The standard InChI is InChI=1S/C37H65N3O4/c1-3-5-7-9-11-13-15-16-17-19-21-23-25-36(42)38-34-26-28-35(29-27-34)39-37(43)40(33-41)30-32-44-31-24-22-20-18-14-12-10-8-6-4-2/h26-29,33H,3-25,30-32H2,1-2H3,(H,38,42)(H,39,43). The minimum Gasteiger partial charge on any atom is -0.380 e. The zero-order valence-corrected chi connectivity index (χ0v) is 28.4. The molecule has 0 aliphatic heterocycles. The molecule has 1 aromatic rings. The Labute approximate surface area is 269 Å². The molecule has 7 heteroatoms. The summed E-state index contributed by atoms with van der Waals surface area (Å²) in [6.07, 6.45) is 29.1. The SMILES string of the molecule is CCCCCCCCCCCCCCC(=O)Nc1ccc(NC(=O)N(C=O)CCOCCCCCCCCCCCC)cc1. The number of hydrogen-bond donors (Lipinski definition) is 2. The van der Waals surface area contributed by atoms with Crippen LogP contribution in [0.25, 0.3) is 0 Å². The molecule has 0 aliphatic rings. The molecule has 44 heavy (non-hydrogen) atoms. The molecule has 0 unspecified atom stereocenters. The fourth-order valence-electron chi connectivity index (χ4n) is 5.34. The smallest absolute Gasteiger partial charge is 0.328 e. The Hall–Kier alpha value is -2.41. The van der Waals surface area contributed by atoms with E-state index in [1.54, 1.807) is 24.3 Å². The zero-order chi connectivity index (χ0) is 31.9. The predicted molar refractivity (Wildman–Crippen MR) is 185 cm³/mol. The summed E-state index contributed by atoms with van der Waals surface area (Å²) in [7, 11) is 0. The van der Waals surface area contributed by atoms with Gasteiger partial charge in [0.2, 0.25) is 12.3 Å². The maximum Gasteiger partial charge on any atom is 0.328 e. The average Bonchev–Trinajstić information content (AvgIpc) is 3.02. The molecule has 0 saturated carbocycles. The van der Waals surface area contributed by atoms with E-state index >= 15 is 0 Å². The first kappa shape index (κ1) is 39.6. The first-order chi connectivity index (χ1) is 21.6. The minimum absolute atomic E-state index is 0.0128. The van der Waals surface area contributed by atoms with Crippen LogP contribution >= 0.6 is 0 Å². The number of nitrogens with one attached hydrogen (secondary N) is 2. The van der Waals surface area contributed by atoms with Crippen molar-refractivity contribution in [1.82, 2.24) is 4.90 Å². The monoisotopic (exact) mass is 615 g/mol. The van der Waals surface area contributed by atoms with Crippen molar-refractivity contribution < 1.29 is 19.1 Å². The number of amides is 4. The maximum absolute atomic E-state index is 12.5. The highest BCUT2D eigenvalue weighted by Crippen LogP contribution is 2.16. The largest absolute Gasteiger partial charge is 0.380 e.